The fourth-order valence-electron chi connectivity index (χ4n) is 3.50. The lowest BCUT2D eigenvalue weighted by Crippen LogP contribution is -2.26. The molecule has 1 saturated carbocycles. The van der Waals surface area contributed by atoms with Gasteiger partial charge in [-0.25, -0.2) is 4.98 Å². The molecule has 1 N–H and O–H groups in total. The van der Waals surface area contributed by atoms with E-state index < -0.39 is 0 Å². The lowest BCUT2D eigenvalue weighted by molar-refractivity contribution is -0.0429. The summed E-state index contributed by atoms with van der Waals surface area (Å²) in [5.41, 5.74) is 0.204. The first kappa shape index (κ1) is 14.9. The first-order valence-electron chi connectivity index (χ1n) is 8.05. The molecule has 0 amide bonds. The standard InChI is InChI=1S/C15H26N4O2/c1-20-9-8-16-10-14-17-12-19(18-14)11-13-4-7-15(21-13)5-2-3-6-15/h12-13,16H,2-11H2,1H3. The van der Waals surface area contributed by atoms with Crippen molar-refractivity contribution >= 4 is 0 Å². The van der Waals surface area contributed by atoms with Crippen LogP contribution in [-0.2, 0) is 22.6 Å². The van der Waals surface area contributed by atoms with Crippen LogP contribution in [0.2, 0.25) is 0 Å². The molecule has 118 valence electrons. The third-order valence-corrected chi connectivity index (χ3v) is 4.59. The Balaban J connectivity index is 1.44. The predicted octanol–water partition coefficient (Wildman–Crippen LogP) is 1.51. The summed E-state index contributed by atoms with van der Waals surface area (Å²) in [6.45, 7) is 3.04. The highest BCUT2D eigenvalue weighted by Crippen LogP contribution is 2.43. The Morgan fingerprint density at radius 3 is 3.10 bits per heavy atom. The minimum atomic E-state index is 0.204. The predicted molar refractivity (Wildman–Crippen MR) is 78.9 cm³/mol. The molecular formula is C15H26N4O2. The van der Waals surface area contributed by atoms with E-state index in [-0.39, 0.29) is 5.60 Å². The number of methoxy groups -OCH3 is 1. The van der Waals surface area contributed by atoms with Gasteiger partial charge in [0.15, 0.2) is 5.82 Å². The van der Waals surface area contributed by atoms with Crippen LogP contribution in [0.5, 0.6) is 0 Å². The van der Waals surface area contributed by atoms with Gasteiger partial charge < -0.3 is 14.8 Å². The molecule has 1 saturated heterocycles. The van der Waals surface area contributed by atoms with Crippen molar-refractivity contribution in [2.24, 2.45) is 0 Å². The molecule has 2 aliphatic rings. The zero-order valence-corrected chi connectivity index (χ0v) is 12.9. The summed E-state index contributed by atoms with van der Waals surface area (Å²) in [7, 11) is 1.70. The van der Waals surface area contributed by atoms with Gasteiger partial charge in [-0.1, -0.05) is 12.8 Å². The Bertz CT molecular complexity index is 443. The van der Waals surface area contributed by atoms with E-state index in [1.54, 1.807) is 7.11 Å². The molecule has 3 rings (SSSR count). The van der Waals surface area contributed by atoms with Crippen LogP contribution in [0.4, 0.5) is 0 Å². The van der Waals surface area contributed by atoms with Crippen molar-refractivity contribution in [3.63, 3.8) is 0 Å². The van der Waals surface area contributed by atoms with Gasteiger partial charge in [0.05, 0.1) is 31.4 Å². The van der Waals surface area contributed by atoms with Gasteiger partial charge in [-0.3, -0.25) is 4.68 Å². The molecule has 2 fully saturated rings. The summed E-state index contributed by atoms with van der Waals surface area (Å²) in [4.78, 5) is 4.34. The van der Waals surface area contributed by atoms with Gasteiger partial charge in [0.25, 0.3) is 0 Å². The van der Waals surface area contributed by atoms with Gasteiger partial charge >= 0.3 is 0 Å². The highest BCUT2D eigenvalue weighted by Gasteiger charge is 2.42. The number of rotatable bonds is 7. The molecule has 6 heteroatoms. The number of nitrogens with one attached hydrogen (secondary N) is 1. The van der Waals surface area contributed by atoms with E-state index in [9.17, 15) is 0 Å². The quantitative estimate of drug-likeness (QED) is 0.772. The van der Waals surface area contributed by atoms with E-state index in [1.165, 1.54) is 32.1 Å². The molecule has 1 spiro atoms. The van der Waals surface area contributed by atoms with Gasteiger partial charge in [-0.05, 0) is 25.7 Å². The fourth-order valence-corrected chi connectivity index (χ4v) is 3.50. The van der Waals surface area contributed by atoms with Crippen molar-refractivity contribution in [3.8, 4) is 0 Å². The zero-order chi connectivity index (χ0) is 14.5. The summed E-state index contributed by atoms with van der Waals surface area (Å²) in [6.07, 6.45) is 9.64. The van der Waals surface area contributed by atoms with Crippen molar-refractivity contribution in [1.82, 2.24) is 20.1 Å². The summed E-state index contributed by atoms with van der Waals surface area (Å²) >= 11 is 0. The molecule has 1 aliphatic carbocycles. The number of ether oxygens (including phenoxy) is 2. The van der Waals surface area contributed by atoms with E-state index in [1.807, 2.05) is 11.0 Å². The molecule has 0 bridgehead atoms. The van der Waals surface area contributed by atoms with E-state index in [2.05, 4.69) is 15.4 Å². The maximum absolute atomic E-state index is 6.32. The molecule has 1 aliphatic heterocycles. The molecule has 6 nitrogen and oxygen atoms in total. The monoisotopic (exact) mass is 294 g/mol. The number of nitrogens with zero attached hydrogens (tertiary/aromatic N) is 3. The second-order valence-corrected chi connectivity index (χ2v) is 6.22. The Morgan fingerprint density at radius 1 is 1.43 bits per heavy atom. The van der Waals surface area contributed by atoms with Gasteiger partial charge in [0, 0.05) is 13.7 Å². The third-order valence-electron chi connectivity index (χ3n) is 4.59. The van der Waals surface area contributed by atoms with Gasteiger partial charge in [0.1, 0.15) is 6.33 Å². The molecule has 1 aromatic heterocycles. The van der Waals surface area contributed by atoms with Crippen molar-refractivity contribution in [3.05, 3.63) is 12.2 Å². The van der Waals surface area contributed by atoms with E-state index in [4.69, 9.17) is 9.47 Å². The molecule has 1 aromatic rings. The van der Waals surface area contributed by atoms with Gasteiger partial charge in [-0.2, -0.15) is 5.10 Å². The minimum Gasteiger partial charge on any atom is -0.383 e. The Morgan fingerprint density at radius 2 is 2.29 bits per heavy atom. The second-order valence-electron chi connectivity index (χ2n) is 6.22. The van der Waals surface area contributed by atoms with Crippen molar-refractivity contribution < 1.29 is 9.47 Å². The normalized spacial score (nSPS) is 24.1. The molecule has 1 unspecified atom stereocenters. The van der Waals surface area contributed by atoms with Crippen LogP contribution in [0, 0.1) is 0 Å². The first-order chi connectivity index (χ1) is 10.3. The van der Waals surface area contributed by atoms with Gasteiger partial charge in [-0.15, -0.1) is 0 Å². The average molecular weight is 294 g/mol. The van der Waals surface area contributed by atoms with E-state index in [0.29, 0.717) is 19.3 Å². The van der Waals surface area contributed by atoms with E-state index >= 15 is 0 Å². The minimum absolute atomic E-state index is 0.204. The maximum atomic E-state index is 6.32. The molecule has 2 heterocycles. The largest absolute Gasteiger partial charge is 0.383 e. The smallest absolute Gasteiger partial charge is 0.164 e. The zero-order valence-electron chi connectivity index (χ0n) is 12.9. The number of aromatic nitrogens is 3. The van der Waals surface area contributed by atoms with Crippen molar-refractivity contribution in [2.75, 3.05) is 20.3 Å². The third kappa shape index (κ3) is 3.81. The second kappa shape index (κ2) is 6.85. The summed E-state index contributed by atoms with van der Waals surface area (Å²) in [5, 5.41) is 7.76. The Labute approximate surface area is 126 Å². The molecular weight excluding hydrogens is 268 g/mol. The molecule has 21 heavy (non-hydrogen) atoms. The SMILES string of the molecule is COCCNCc1ncn(CC2CCC3(CCCC3)O2)n1. The Hall–Kier alpha value is -0.980. The molecule has 0 radical (unpaired) electrons. The summed E-state index contributed by atoms with van der Waals surface area (Å²) in [5.74, 6) is 0.833. The fraction of sp³-hybridized carbons (Fsp3) is 0.867. The highest BCUT2D eigenvalue weighted by atomic mass is 16.5. The van der Waals surface area contributed by atoms with Gasteiger partial charge in [0.2, 0.25) is 0 Å². The molecule has 1 atom stereocenters. The summed E-state index contributed by atoms with van der Waals surface area (Å²) < 4.78 is 13.2. The van der Waals surface area contributed by atoms with Crippen LogP contribution in [0.1, 0.15) is 44.3 Å². The summed E-state index contributed by atoms with van der Waals surface area (Å²) in [6, 6.07) is 0. The van der Waals surface area contributed by atoms with Crippen LogP contribution in [0.3, 0.4) is 0 Å². The van der Waals surface area contributed by atoms with Crippen molar-refractivity contribution in [2.45, 2.75) is 63.3 Å². The van der Waals surface area contributed by atoms with Crippen LogP contribution >= 0.6 is 0 Å². The van der Waals surface area contributed by atoms with Crippen molar-refractivity contribution in [1.29, 1.82) is 0 Å². The van der Waals surface area contributed by atoms with Crippen LogP contribution in [0.25, 0.3) is 0 Å². The van der Waals surface area contributed by atoms with Crippen LogP contribution in [-0.4, -0.2) is 46.7 Å². The Kier molecular flexibility index (Phi) is 4.87. The number of hydrogen-bond acceptors (Lipinski definition) is 5. The lowest BCUT2D eigenvalue weighted by atomic mass is 9.98. The maximum Gasteiger partial charge on any atom is 0.164 e. The van der Waals surface area contributed by atoms with Crippen LogP contribution < -0.4 is 5.32 Å². The van der Waals surface area contributed by atoms with E-state index in [0.717, 1.165) is 25.3 Å². The molecule has 0 aromatic carbocycles. The highest BCUT2D eigenvalue weighted by molar-refractivity contribution is 4.93. The first-order valence-corrected chi connectivity index (χ1v) is 8.05. The van der Waals surface area contributed by atoms with Crippen LogP contribution in [0.15, 0.2) is 6.33 Å². The number of hydrogen-bond donors (Lipinski definition) is 1. The average Bonchev–Trinajstić information content (AvgIpc) is 3.20. The topological polar surface area (TPSA) is 61.2 Å². The lowest BCUT2D eigenvalue weighted by Gasteiger charge is -2.23.